The van der Waals surface area contributed by atoms with Gasteiger partial charge >= 0.3 is 0 Å². The van der Waals surface area contributed by atoms with Crippen molar-refractivity contribution in [2.24, 2.45) is 5.10 Å². The molecule has 15 heavy (non-hydrogen) atoms. The van der Waals surface area contributed by atoms with Crippen LogP contribution in [0, 0.1) is 0 Å². The van der Waals surface area contributed by atoms with Crippen LogP contribution in [-0.4, -0.2) is 12.8 Å². The fourth-order valence-corrected chi connectivity index (χ4v) is 2.62. The van der Waals surface area contributed by atoms with Crippen LogP contribution in [-0.2, 0) is 0 Å². The molecule has 1 heterocycles. The van der Waals surface area contributed by atoms with Gasteiger partial charge in [-0.3, -0.25) is 5.01 Å². The van der Waals surface area contributed by atoms with Crippen molar-refractivity contribution in [3.63, 3.8) is 0 Å². The molecule has 5 heteroatoms. The van der Waals surface area contributed by atoms with Gasteiger partial charge in [0.1, 0.15) is 0 Å². The van der Waals surface area contributed by atoms with E-state index in [2.05, 4.69) is 37.0 Å². The second kappa shape index (κ2) is 4.53. The van der Waals surface area contributed by atoms with E-state index in [1.165, 1.54) is 0 Å². The van der Waals surface area contributed by atoms with Gasteiger partial charge in [0.05, 0.1) is 11.4 Å². The van der Waals surface area contributed by atoms with E-state index in [0.29, 0.717) is 0 Å². The lowest BCUT2D eigenvalue weighted by atomic mass is 10.2. The lowest BCUT2D eigenvalue weighted by molar-refractivity contribution is 0.751. The number of hydrogen-bond acceptors (Lipinski definition) is 3. The maximum Gasteiger partial charge on any atom is 0.0617 e. The van der Waals surface area contributed by atoms with Gasteiger partial charge in [0.25, 0.3) is 0 Å². The molecule has 3 nitrogen and oxygen atoms in total. The average Bonchev–Trinajstić information content (AvgIpc) is 2.26. The highest BCUT2D eigenvalue weighted by molar-refractivity contribution is 9.11. The Balaban J connectivity index is 2.36. The Hall–Kier alpha value is -0.550. The summed E-state index contributed by atoms with van der Waals surface area (Å²) in [5.74, 6) is 0. The van der Waals surface area contributed by atoms with Crippen LogP contribution >= 0.6 is 31.9 Å². The van der Waals surface area contributed by atoms with Gasteiger partial charge in [0, 0.05) is 21.7 Å². The number of anilines is 2. The quantitative estimate of drug-likeness (QED) is 0.801. The summed E-state index contributed by atoms with van der Waals surface area (Å²) >= 11 is 6.86. The van der Waals surface area contributed by atoms with Crippen LogP contribution in [0.3, 0.4) is 0 Å². The molecule has 0 saturated carbocycles. The third kappa shape index (κ3) is 2.34. The van der Waals surface area contributed by atoms with E-state index in [9.17, 15) is 0 Å². The molecule has 2 N–H and O–H groups in total. The first-order chi connectivity index (χ1) is 7.18. The van der Waals surface area contributed by atoms with E-state index in [1.54, 1.807) is 0 Å². The van der Waals surface area contributed by atoms with Crippen molar-refractivity contribution in [2.45, 2.75) is 12.8 Å². The Labute approximate surface area is 106 Å². The van der Waals surface area contributed by atoms with Gasteiger partial charge in [0.2, 0.25) is 0 Å². The topological polar surface area (TPSA) is 41.6 Å². The summed E-state index contributed by atoms with van der Waals surface area (Å²) < 4.78 is 1.79. The molecular formula is C10H11Br2N3. The zero-order chi connectivity index (χ0) is 10.8. The van der Waals surface area contributed by atoms with Crippen LogP contribution in [0.2, 0.25) is 0 Å². The van der Waals surface area contributed by atoms with Crippen molar-refractivity contribution in [1.29, 1.82) is 0 Å². The maximum absolute atomic E-state index is 5.83. The van der Waals surface area contributed by atoms with Gasteiger partial charge in [-0.25, -0.2) is 0 Å². The number of rotatable bonds is 1. The third-order valence-electron chi connectivity index (χ3n) is 2.29. The van der Waals surface area contributed by atoms with E-state index in [1.807, 2.05) is 23.4 Å². The Morgan fingerprint density at radius 2 is 1.93 bits per heavy atom. The number of hydrogen-bond donors (Lipinski definition) is 1. The summed E-state index contributed by atoms with van der Waals surface area (Å²) in [4.78, 5) is 0. The summed E-state index contributed by atoms with van der Waals surface area (Å²) in [7, 11) is 0. The molecule has 0 bridgehead atoms. The number of halogens is 2. The van der Waals surface area contributed by atoms with Gasteiger partial charge in [-0.1, -0.05) is 0 Å². The highest BCUT2D eigenvalue weighted by atomic mass is 79.9. The molecule has 0 atom stereocenters. The van der Waals surface area contributed by atoms with E-state index in [0.717, 1.165) is 39.7 Å². The number of benzene rings is 1. The molecule has 1 aromatic carbocycles. The van der Waals surface area contributed by atoms with E-state index < -0.39 is 0 Å². The van der Waals surface area contributed by atoms with Crippen molar-refractivity contribution in [3.8, 4) is 0 Å². The molecule has 0 fully saturated rings. The number of nitrogen functional groups attached to an aromatic ring is 1. The predicted octanol–water partition coefficient (Wildman–Crippen LogP) is 3.38. The highest BCUT2D eigenvalue weighted by Crippen LogP contribution is 2.33. The molecular weight excluding hydrogens is 322 g/mol. The van der Waals surface area contributed by atoms with E-state index >= 15 is 0 Å². The molecule has 2 rings (SSSR count). The van der Waals surface area contributed by atoms with Crippen molar-refractivity contribution < 1.29 is 0 Å². The molecule has 0 aromatic heterocycles. The van der Waals surface area contributed by atoms with Crippen molar-refractivity contribution >= 4 is 49.4 Å². The normalized spacial score (nSPS) is 15.7. The van der Waals surface area contributed by atoms with Crippen LogP contribution in [0.15, 0.2) is 26.2 Å². The van der Waals surface area contributed by atoms with Crippen molar-refractivity contribution in [3.05, 3.63) is 21.1 Å². The van der Waals surface area contributed by atoms with Crippen LogP contribution in [0.25, 0.3) is 0 Å². The fourth-order valence-electron chi connectivity index (χ4n) is 1.46. The Bertz CT molecular complexity index is 381. The lowest BCUT2D eigenvalue weighted by Gasteiger charge is -2.22. The van der Waals surface area contributed by atoms with Crippen molar-refractivity contribution in [1.82, 2.24) is 0 Å². The van der Waals surface area contributed by atoms with Gasteiger partial charge in [-0.2, -0.15) is 5.10 Å². The van der Waals surface area contributed by atoms with E-state index in [-0.39, 0.29) is 0 Å². The molecule has 1 aliphatic rings. The first-order valence-corrected chi connectivity index (χ1v) is 6.31. The maximum atomic E-state index is 5.83. The second-order valence-electron chi connectivity index (χ2n) is 3.39. The van der Waals surface area contributed by atoms with Gasteiger partial charge < -0.3 is 5.73 Å². The number of nitrogens with zero attached hydrogens (tertiary/aromatic N) is 2. The van der Waals surface area contributed by atoms with E-state index in [4.69, 9.17) is 5.73 Å². The Kier molecular flexibility index (Phi) is 3.31. The van der Waals surface area contributed by atoms with Gasteiger partial charge in [-0.05, 0) is 56.8 Å². The minimum atomic E-state index is 0.722. The molecule has 0 unspecified atom stereocenters. The summed E-state index contributed by atoms with van der Waals surface area (Å²) in [6, 6.07) is 3.98. The zero-order valence-electron chi connectivity index (χ0n) is 8.08. The highest BCUT2D eigenvalue weighted by Gasteiger charge is 2.11. The number of hydrazone groups is 1. The SMILES string of the molecule is Nc1c(Br)cc(N2CCCC=N2)cc1Br. The summed E-state index contributed by atoms with van der Waals surface area (Å²) in [5.41, 5.74) is 7.61. The van der Waals surface area contributed by atoms with Crippen molar-refractivity contribution in [2.75, 3.05) is 17.3 Å². The molecule has 0 amide bonds. The lowest BCUT2D eigenvalue weighted by Crippen LogP contribution is -2.21. The standard InChI is InChI=1S/C10H11Br2N3/c11-8-5-7(6-9(12)10(8)13)15-4-2-1-3-14-15/h3,5-6H,1-2,4,13H2. The molecule has 0 spiro atoms. The Morgan fingerprint density at radius 1 is 1.27 bits per heavy atom. The molecule has 0 aliphatic carbocycles. The largest absolute Gasteiger partial charge is 0.397 e. The fraction of sp³-hybridized carbons (Fsp3) is 0.300. The van der Waals surface area contributed by atoms with Gasteiger partial charge in [0.15, 0.2) is 0 Å². The summed E-state index contributed by atoms with van der Waals surface area (Å²) in [5, 5.41) is 6.32. The first kappa shape index (κ1) is 11.0. The summed E-state index contributed by atoms with van der Waals surface area (Å²) in [6.45, 7) is 0.958. The minimum absolute atomic E-state index is 0.722. The monoisotopic (exact) mass is 331 g/mol. The molecule has 0 radical (unpaired) electrons. The van der Waals surface area contributed by atoms with Crippen LogP contribution in [0.5, 0.6) is 0 Å². The second-order valence-corrected chi connectivity index (χ2v) is 5.10. The molecule has 1 aromatic rings. The number of nitrogens with two attached hydrogens (primary N) is 1. The minimum Gasteiger partial charge on any atom is -0.397 e. The third-order valence-corrected chi connectivity index (χ3v) is 3.60. The van der Waals surface area contributed by atoms with Gasteiger partial charge in [-0.15, -0.1) is 0 Å². The summed E-state index contributed by atoms with van der Waals surface area (Å²) in [6.07, 6.45) is 4.15. The molecule has 0 saturated heterocycles. The molecule has 80 valence electrons. The van der Waals surface area contributed by atoms with Crippen LogP contribution in [0.1, 0.15) is 12.8 Å². The average molecular weight is 333 g/mol. The van der Waals surface area contributed by atoms with Crippen LogP contribution in [0.4, 0.5) is 11.4 Å². The smallest absolute Gasteiger partial charge is 0.0617 e. The first-order valence-electron chi connectivity index (χ1n) is 4.73. The molecule has 1 aliphatic heterocycles. The van der Waals surface area contributed by atoms with Crippen LogP contribution < -0.4 is 10.7 Å². The Morgan fingerprint density at radius 3 is 2.47 bits per heavy atom. The zero-order valence-corrected chi connectivity index (χ0v) is 11.3. The predicted molar refractivity (Wildman–Crippen MR) is 71.3 cm³/mol.